The van der Waals surface area contributed by atoms with Crippen molar-refractivity contribution >= 4 is 22.5 Å². The first-order chi connectivity index (χ1) is 12.6. The van der Waals surface area contributed by atoms with Gasteiger partial charge < -0.3 is 10.6 Å². The number of aromatic nitrogens is 2. The maximum Gasteiger partial charge on any atom is 0.227 e. The Kier molecular flexibility index (Phi) is 4.29. The van der Waals surface area contributed by atoms with Crippen LogP contribution in [-0.4, -0.2) is 27.3 Å². The molecule has 1 fully saturated rings. The number of anilines is 1. The number of fused-ring (bicyclic) bond motifs is 1. The van der Waals surface area contributed by atoms with E-state index in [9.17, 15) is 4.79 Å². The Morgan fingerprint density at radius 1 is 1.15 bits per heavy atom. The summed E-state index contributed by atoms with van der Waals surface area (Å²) in [4.78, 5) is 23.5. The molecule has 1 atom stereocenters. The van der Waals surface area contributed by atoms with E-state index in [1.807, 2.05) is 30.0 Å². The first-order valence-corrected chi connectivity index (χ1v) is 8.98. The van der Waals surface area contributed by atoms with Crippen molar-refractivity contribution in [1.82, 2.24) is 14.9 Å². The highest BCUT2D eigenvalue weighted by Crippen LogP contribution is 2.32. The number of amides is 1. The van der Waals surface area contributed by atoms with Crippen molar-refractivity contribution in [2.75, 3.05) is 12.3 Å². The van der Waals surface area contributed by atoms with Gasteiger partial charge in [-0.2, -0.15) is 0 Å². The van der Waals surface area contributed by atoms with Crippen LogP contribution in [0.25, 0.3) is 10.8 Å². The van der Waals surface area contributed by atoms with Gasteiger partial charge in [0.25, 0.3) is 0 Å². The number of nitrogens with two attached hydrogens (primary N) is 1. The number of carbonyl (C=O) groups is 1. The molecule has 1 aromatic heterocycles. The molecule has 0 saturated carbocycles. The van der Waals surface area contributed by atoms with Gasteiger partial charge in [-0.25, -0.2) is 9.97 Å². The lowest BCUT2D eigenvalue weighted by Crippen LogP contribution is -2.32. The number of rotatable bonds is 3. The average molecular weight is 346 g/mol. The minimum Gasteiger partial charge on any atom is -0.384 e. The SMILES string of the molecule is Cc1nc(N)cc([C@H]2CCCN2C(=O)Cc2ccc3ccccc3c2)n1. The maximum atomic E-state index is 13.0. The molecule has 1 aliphatic rings. The molecule has 26 heavy (non-hydrogen) atoms. The van der Waals surface area contributed by atoms with Crippen molar-refractivity contribution in [3.8, 4) is 0 Å². The number of likely N-dealkylation sites (tertiary alicyclic amines) is 1. The second-order valence-electron chi connectivity index (χ2n) is 6.87. The predicted molar refractivity (Wildman–Crippen MR) is 103 cm³/mol. The van der Waals surface area contributed by atoms with Gasteiger partial charge in [0.1, 0.15) is 11.6 Å². The van der Waals surface area contributed by atoms with E-state index in [2.05, 4.69) is 34.2 Å². The summed E-state index contributed by atoms with van der Waals surface area (Å²) in [7, 11) is 0. The molecule has 132 valence electrons. The molecule has 0 aliphatic carbocycles. The summed E-state index contributed by atoms with van der Waals surface area (Å²) in [5.41, 5.74) is 7.76. The third kappa shape index (κ3) is 3.25. The Labute approximate surface area is 152 Å². The van der Waals surface area contributed by atoms with Crippen molar-refractivity contribution in [2.45, 2.75) is 32.2 Å². The molecule has 0 radical (unpaired) electrons. The molecule has 1 saturated heterocycles. The van der Waals surface area contributed by atoms with Gasteiger partial charge in [-0.3, -0.25) is 4.79 Å². The van der Waals surface area contributed by atoms with Crippen LogP contribution in [0.15, 0.2) is 48.5 Å². The van der Waals surface area contributed by atoms with E-state index in [1.54, 1.807) is 6.07 Å². The van der Waals surface area contributed by atoms with Gasteiger partial charge in [-0.05, 0) is 36.1 Å². The van der Waals surface area contributed by atoms with E-state index in [0.29, 0.717) is 18.1 Å². The van der Waals surface area contributed by atoms with E-state index in [1.165, 1.54) is 5.39 Å². The smallest absolute Gasteiger partial charge is 0.227 e. The molecule has 5 heteroatoms. The van der Waals surface area contributed by atoms with Crippen LogP contribution in [0, 0.1) is 6.92 Å². The van der Waals surface area contributed by atoms with Crippen LogP contribution in [0.4, 0.5) is 5.82 Å². The molecule has 3 aromatic rings. The first kappa shape index (κ1) is 16.5. The number of hydrogen-bond donors (Lipinski definition) is 1. The zero-order valence-electron chi connectivity index (χ0n) is 14.9. The van der Waals surface area contributed by atoms with E-state index in [4.69, 9.17) is 5.73 Å². The molecule has 2 N–H and O–H groups in total. The number of nitrogens with zero attached hydrogens (tertiary/aromatic N) is 3. The Bertz CT molecular complexity index is 949. The second kappa shape index (κ2) is 6.75. The fraction of sp³-hybridized carbons (Fsp3) is 0.286. The van der Waals surface area contributed by atoms with Crippen molar-refractivity contribution < 1.29 is 4.79 Å². The summed E-state index contributed by atoms with van der Waals surface area (Å²) < 4.78 is 0. The van der Waals surface area contributed by atoms with Crippen molar-refractivity contribution in [2.24, 2.45) is 0 Å². The Morgan fingerprint density at radius 3 is 2.77 bits per heavy atom. The Hall–Kier alpha value is -2.95. The van der Waals surface area contributed by atoms with Gasteiger partial charge in [0.15, 0.2) is 0 Å². The largest absolute Gasteiger partial charge is 0.384 e. The van der Waals surface area contributed by atoms with Gasteiger partial charge in [0.05, 0.1) is 18.2 Å². The quantitative estimate of drug-likeness (QED) is 0.789. The van der Waals surface area contributed by atoms with Crippen molar-refractivity contribution in [3.05, 3.63) is 65.6 Å². The van der Waals surface area contributed by atoms with Crippen molar-refractivity contribution in [1.29, 1.82) is 0 Å². The van der Waals surface area contributed by atoms with Crippen LogP contribution in [0.3, 0.4) is 0 Å². The zero-order valence-corrected chi connectivity index (χ0v) is 14.9. The van der Waals surface area contributed by atoms with Gasteiger partial charge in [-0.15, -0.1) is 0 Å². The summed E-state index contributed by atoms with van der Waals surface area (Å²) in [6, 6.07) is 16.2. The van der Waals surface area contributed by atoms with Gasteiger partial charge in [0.2, 0.25) is 5.91 Å². The lowest BCUT2D eigenvalue weighted by Gasteiger charge is -2.25. The van der Waals surface area contributed by atoms with Crippen LogP contribution in [0.1, 0.15) is 36.0 Å². The van der Waals surface area contributed by atoms with E-state index in [0.717, 1.165) is 36.0 Å². The summed E-state index contributed by atoms with van der Waals surface area (Å²) in [5, 5.41) is 2.35. The first-order valence-electron chi connectivity index (χ1n) is 8.98. The van der Waals surface area contributed by atoms with Crippen molar-refractivity contribution in [3.63, 3.8) is 0 Å². The molecule has 2 heterocycles. The van der Waals surface area contributed by atoms with Gasteiger partial charge in [0, 0.05) is 12.6 Å². The average Bonchev–Trinajstić information content (AvgIpc) is 3.11. The highest BCUT2D eigenvalue weighted by Gasteiger charge is 2.31. The number of aryl methyl sites for hydroxylation is 1. The van der Waals surface area contributed by atoms with Gasteiger partial charge in [-0.1, -0.05) is 42.5 Å². The highest BCUT2D eigenvalue weighted by molar-refractivity contribution is 5.85. The molecule has 2 aromatic carbocycles. The van der Waals surface area contributed by atoms with Gasteiger partial charge >= 0.3 is 0 Å². The lowest BCUT2D eigenvalue weighted by atomic mass is 10.0. The molecule has 0 unspecified atom stereocenters. The number of carbonyl (C=O) groups excluding carboxylic acids is 1. The third-order valence-electron chi connectivity index (χ3n) is 4.96. The molecular formula is C21H22N4O. The van der Waals surface area contributed by atoms with Crippen LogP contribution in [0.5, 0.6) is 0 Å². The van der Waals surface area contributed by atoms with Crippen LogP contribution < -0.4 is 5.73 Å². The number of nitrogen functional groups attached to an aromatic ring is 1. The fourth-order valence-electron chi connectivity index (χ4n) is 3.78. The van der Waals surface area contributed by atoms with Crippen LogP contribution in [0.2, 0.25) is 0 Å². The van der Waals surface area contributed by atoms with Crippen LogP contribution >= 0.6 is 0 Å². The molecule has 0 spiro atoms. The Morgan fingerprint density at radius 2 is 1.96 bits per heavy atom. The standard InChI is InChI=1S/C21H22N4O/c1-14-23-18(13-20(22)24-14)19-7-4-10-25(19)21(26)12-15-8-9-16-5-2-3-6-17(16)11-15/h2-3,5-6,8-9,11,13,19H,4,7,10,12H2,1H3,(H2,22,23,24)/t19-/m1/s1. The molecule has 0 bridgehead atoms. The molecule has 5 nitrogen and oxygen atoms in total. The molecule has 4 rings (SSSR count). The van der Waals surface area contributed by atoms with E-state index in [-0.39, 0.29) is 11.9 Å². The summed E-state index contributed by atoms with van der Waals surface area (Å²) in [6.45, 7) is 2.59. The number of hydrogen-bond acceptors (Lipinski definition) is 4. The summed E-state index contributed by atoms with van der Waals surface area (Å²) in [5.74, 6) is 1.24. The lowest BCUT2D eigenvalue weighted by molar-refractivity contribution is -0.131. The minimum atomic E-state index is -0.00745. The maximum absolute atomic E-state index is 13.0. The monoisotopic (exact) mass is 346 g/mol. The second-order valence-corrected chi connectivity index (χ2v) is 6.87. The van der Waals surface area contributed by atoms with E-state index >= 15 is 0 Å². The predicted octanol–water partition coefficient (Wildman–Crippen LogP) is 3.43. The van der Waals surface area contributed by atoms with Crippen LogP contribution in [-0.2, 0) is 11.2 Å². The minimum absolute atomic E-state index is 0.00745. The Balaban J connectivity index is 1.56. The highest BCUT2D eigenvalue weighted by atomic mass is 16.2. The topological polar surface area (TPSA) is 72.1 Å². The third-order valence-corrected chi connectivity index (χ3v) is 4.96. The normalized spacial score (nSPS) is 17.0. The molecular weight excluding hydrogens is 324 g/mol. The fourth-order valence-corrected chi connectivity index (χ4v) is 3.78. The molecule has 1 aliphatic heterocycles. The zero-order chi connectivity index (χ0) is 18.1. The number of benzene rings is 2. The van der Waals surface area contributed by atoms with E-state index < -0.39 is 0 Å². The summed E-state index contributed by atoms with van der Waals surface area (Å²) >= 11 is 0. The summed E-state index contributed by atoms with van der Waals surface area (Å²) in [6.07, 6.45) is 2.30. The molecule has 1 amide bonds.